The number of alkyl halides is 3. The highest BCUT2D eigenvalue weighted by Gasteiger charge is 2.57. The molecule has 2 rings (SSSR count). The maximum absolute atomic E-state index is 13.0. The monoisotopic (exact) mass is 180 g/mol. The van der Waals surface area contributed by atoms with Gasteiger partial charge in [0.2, 0.25) is 0 Å². The zero-order chi connectivity index (χ0) is 8.77. The van der Waals surface area contributed by atoms with Gasteiger partial charge >= 0.3 is 6.11 Å². The van der Waals surface area contributed by atoms with Gasteiger partial charge in [-0.2, -0.15) is 8.78 Å². The molecule has 4 heteroatoms. The van der Waals surface area contributed by atoms with E-state index in [2.05, 4.69) is 4.74 Å². The molecule has 2 aliphatic rings. The van der Waals surface area contributed by atoms with Crippen LogP contribution in [0.2, 0.25) is 0 Å². The Bertz CT molecular complexity index is 183. The minimum atomic E-state index is -3.53. The second-order valence-electron chi connectivity index (χ2n) is 3.57. The van der Waals surface area contributed by atoms with E-state index in [9.17, 15) is 13.2 Å². The molecular formula is C8H11F3O. The zero-order valence-corrected chi connectivity index (χ0v) is 6.60. The van der Waals surface area contributed by atoms with Crippen molar-refractivity contribution in [3.63, 3.8) is 0 Å². The van der Waals surface area contributed by atoms with E-state index in [1.807, 2.05) is 0 Å². The molecule has 0 radical (unpaired) electrons. The van der Waals surface area contributed by atoms with Crippen molar-refractivity contribution in [1.29, 1.82) is 0 Å². The zero-order valence-electron chi connectivity index (χ0n) is 6.60. The van der Waals surface area contributed by atoms with E-state index < -0.39 is 24.3 Å². The lowest BCUT2D eigenvalue weighted by Gasteiger charge is -2.22. The summed E-state index contributed by atoms with van der Waals surface area (Å²) in [6.45, 7) is 0. The molecule has 1 saturated heterocycles. The summed E-state index contributed by atoms with van der Waals surface area (Å²) in [6, 6.07) is 0. The third-order valence-electron chi connectivity index (χ3n) is 2.76. The molecule has 1 aliphatic heterocycles. The lowest BCUT2D eigenvalue weighted by molar-refractivity contribution is -0.248. The molecule has 0 aromatic rings. The molecule has 1 nitrogen and oxygen atoms in total. The van der Waals surface area contributed by atoms with Crippen LogP contribution in [-0.2, 0) is 4.74 Å². The number of hydrogen-bond donors (Lipinski definition) is 0. The number of halogens is 3. The first-order valence-electron chi connectivity index (χ1n) is 4.31. The first kappa shape index (κ1) is 8.35. The molecule has 1 aliphatic carbocycles. The molecule has 3 atom stereocenters. The third kappa shape index (κ3) is 1.13. The number of hydrogen-bond acceptors (Lipinski definition) is 1. The Balaban J connectivity index is 2.13. The van der Waals surface area contributed by atoms with Crippen molar-refractivity contribution in [2.45, 2.75) is 44.1 Å². The summed E-state index contributed by atoms with van der Waals surface area (Å²) in [7, 11) is 0. The summed E-state index contributed by atoms with van der Waals surface area (Å²) in [6.07, 6.45) is -3.29. The molecule has 0 aromatic carbocycles. The average Bonchev–Trinajstić information content (AvgIpc) is 2.24. The topological polar surface area (TPSA) is 9.23 Å². The van der Waals surface area contributed by atoms with Crippen molar-refractivity contribution in [2.24, 2.45) is 5.92 Å². The van der Waals surface area contributed by atoms with Gasteiger partial charge in [0.25, 0.3) is 0 Å². The van der Waals surface area contributed by atoms with E-state index in [-0.39, 0.29) is 0 Å². The highest BCUT2D eigenvalue weighted by molar-refractivity contribution is 4.92. The van der Waals surface area contributed by atoms with Crippen LogP contribution >= 0.6 is 0 Å². The Labute approximate surface area is 68.9 Å². The fraction of sp³-hybridized carbons (Fsp3) is 1.00. The van der Waals surface area contributed by atoms with Gasteiger partial charge in [0.05, 0.1) is 6.10 Å². The van der Waals surface area contributed by atoms with Crippen molar-refractivity contribution in [3.05, 3.63) is 0 Å². The van der Waals surface area contributed by atoms with E-state index >= 15 is 0 Å². The van der Waals surface area contributed by atoms with E-state index in [0.717, 1.165) is 12.8 Å². The van der Waals surface area contributed by atoms with E-state index in [1.54, 1.807) is 0 Å². The average molecular weight is 180 g/mol. The predicted octanol–water partition coefficient (Wildman–Crippen LogP) is 2.51. The normalized spacial score (nSPS) is 45.8. The second kappa shape index (κ2) is 2.62. The maximum atomic E-state index is 13.0. The van der Waals surface area contributed by atoms with Gasteiger partial charge < -0.3 is 4.74 Å². The van der Waals surface area contributed by atoms with Gasteiger partial charge in [-0.25, -0.2) is 4.39 Å². The van der Waals surface area contributed by atoms with Crippen molar-refractivity contribution >= 4 is 0 Å². The molecule has 0 N–H and O–H groups in total. The predicted molar refractivity (Wildman–Crippen MR) is 36.7 cm³/mol. The first-order chi connectivity index (χ1) is 5.61. The summed E-state index contributed by atoms with van der Waals surface area (Å²) in [5.74, 6) is -0.561. The van der Waals surface area contributed by atoms with Crippen molar-refractivity contribution in [2.75, 3.05) is 0 Å². The van der Waals surface area contributed by atoms with Crippen LogP contribution in [0.25, 0.3) is 0 Å². The molecule has 0 spiro atoms. The summed E-state index contributed by atoms with van der Waals surface area (Å²) >= 11 is 0. The molecule has 70 valence electrons. The van der Waals surface area contributed by atoms with Crippen LogP contribution < -0.4 is 0 Å². The Kier molecular flexibility index (Phi) is 1.82. The van der Waals surface area contributed by atoms with Gasteiger partial charge in [0, 0.05) is 5.92 Å². The van der Waals surface area contributed by atoms with Crippen LogP contribution in [0.3, 0.4) is 0 Å². The summed E-state index contributed by atoms with van der Waals surface area (Å²) in [5.41, 5.74) is 0. The molecule has 2 fully saturated rings. The fourth-order valence-corrected chi connectivity index (χ4v) is 2.12. The van der Waals surface area contributed by atoms with Crippen molar-refractivity contribution in [3.8, 4) is 0 Å². The van der Waals surface area contributed by atoms with Crippen LogP contribution in [-0.4, -0.2) is 18.4 Å². The molecule has 1 saturated carbocycles. The summed E-state index contributed by atoms with van der Waals surface area (Å²) < 4.78 is 42.6. The molecule has 0 aromatic heterocycles. The Morgan fingerprint density at radius 1 is 1.17 bits per heavy atom. The van der Waals surface area contributed by atoms with E-state index in [1.165, 1.54) is 0 Å². The lowest BCUT2D eigenvalue weighted by atomic mass is 9.85. The Morgan fingerprint density at radius 2 is 1.83 bits per heavy atom. The maximum Gasteiger partial charge on any atom is 0.387 e. The molecule has 12 heavy (non-hydrogen) atoms. The SMILES string of the molecule is FC1C2CCCCC2OC1(F)F. The van der Waals surface area contributed by atoms with Crippen LogP contribution in [0.4, 0.5) is 13.2 Å². The third-order valence-corrected chi connectivity index (χ3v) is 2.76. The fourth-order valence-electron chi connectivity index (χ4n) is 2.12. The van der Waals surface area contributed by atoms with Gasteiger partial charge in [0.1, 0.15) is 0 Å². The van der Waals surface area contributed by atoms with Crippen molar-refractivity contribution in [1.82, 2.24) is 0 Å². The highest BCUT2D eigenvalue weighted by Crippen LogP contribution is 2.46. The van der Waals surface area contributed by atoms with Crippen molar-refractivity contribution < 1.29 is 17.9 Å². The summed E-state index contributed by atoms with van der Waals surface area (Å²) in [4.78, 5) is 0. The van der Waals surface area contributed by atoms with Crippen LogP contribution in [0.5, 0.6) is 0 Å². The molecule has 0 amide bonds. The summed E-state index contributed by atoms with van der Waals surface area (Å²) in [5, 5.41) is 0. The standard InChI is InChI=1S/C8H11F3O/c9-7-5-3-1-2-4-6(5)12-8(7,10)11/h5-7H,1-4H2. The highest BCUT2D eigenvalue weighted by atomic mass is 19.3. The van der Waals surface area contributed by atoms with Crippen LogP contribution in [0.1, 0.15) is 25.7 Å². The van der Waals surface area contributed by atoms with Gasteiger partial charge in [-0.1, -0.05) is 12.8 Å². The Morgan fingerprint density at radius 3 is 2.50 bits per heavy atom. The molecule has 1 heterocycles. The number of fused-ring (bicyclic) bond motifs is 1. The minimum Gasteiger partial charge on any atom is -0.314 e. The largest absolute Gasteiger partial charge is 0.387 e. The quantitative estimate of drug-likeness (QED) is 0.556. The minimum absolute atomic E-state index is 0.538. The molecule has 0 bridgehead atoms. The smallest absolute Gasteiger partial charge is 0.314 e. The van der Waals surface area contributed by atoms with Gasteiger partial charge in [-0.05, 0) is 12.8 Å². The molecule has 3 unspecified atom stereocenters. The Hall–Kier alpha value is -0.250. The first-order valence-corrected chi connectivity index (χ1v) is 4.31. The number of ether oxygens (including phenoxy) is 1. The van der Waals surface area contributed by atoms with Crippen LogP contribution in [0.15, 0.2) is 0 Å². The lowest BCUT2D eigenvalue weighted by Crippen LogP contribution is -2.29. The van der Waals surface area contributed by atoms with Gasteiger partial charge in [0.15, 0.2) is 6.17 Å². The van der Waals surface area contributed by atoms with E-state index in [0.29, 0.717) is 12.8 Å². The van der Waals surface area contributed by atoms with Gasteiger partial charge in [-0.3, -0.25) is 0 Å². The van der Waals surface area contributed by atoms with E-state index in [4.69, 9.17) is 0 Å². The number of rotatable bonds is 0. The van der Waals surface area contributed by atoms with Crippen LogP contribution in [0, 0.1) is 5.92 Å². The molecular weight excluding hydrogens is 169 g/mol. The van der Waals surface area contributed by atoms with Gasteiger partial charge in [-0.15, -0.1) is 0 Å². The second-order valence-corrected chi connectivity index (χ2v) is 3.57.